The van der Waals surface area contributed by atoms with Crippen LogP contribution in [-0.2, 0) is 21.3 Å². The fourth-order valence-electron chi connectivity index (χ4n) is 2.26. The highest BCUT2D eigenvalue weighted by Gasteiger charge is 2.21. The number of hydrogen-bond donors (Lipinski definition) is 1. The first-order valence-electron chi connectivity index (χ1n) is 7.92. The lowest BCUT2D eigenvalue weighted by atomic mass is 10.1. The number of amides is 1. The van der Waals surface area contributed by atoms with Gasteiger partial charge in [0.25, 0.3) is 15.9 Å². The average Bonchev–Trinajstić information content (AvgIpc) is 2.67. The zero-order valence-corrected chi connectivity index (χ0v) is 15.7. The monoisotopic (exact) mass is 378 g/mol. The second kappa shape index (κ2) is 8.79. The summed E-state index contributed by atoms with van der Waals surface area (Å²) in [4.78, 5) is 17.0. The Morgan fingerprint density at radius 3 is 2.42 bits per heavy atom. The van der Waals surface area contributed by atoms with E-state index in [0.717, 1.165) is 15.8 Å². The van der Waals surface area contributed by atoms with Gasteiger partial charge in [0.1, 0.15) is 5.75 Å². The van der Waals surface area contributed by atoms with Crippen LogP contribution in [-0.4, -0.2) is 46.6 Å². The summed E-state index contributed by atoms with van der Waals surface area (Å²) in [6.07, 6.45) is 0.653. The number of hydroxylamine groups is 1. The minimum atomic E-state index is -3.80. The van der Waals surface area contributed by atoms with Crippen LogP contribution in [0.25, 0.3) is 0 Å². The van der Waals surface area contributed by atoms with E-state index < -0.39 is 10.0 Å². The Morgan fingerprint density at radius 2 is 1.81 bits per heavy atom. The standard InChI is InChI=1S/C18H22N2O5S/c1-20(25-3)26(22,23)17-6-4-5-15(13-17)18(21)19-12-11-14-7-9-16(24-2)10-8-14/h4-10,13H,11-12H2,1-3H3,(H,19,21). The Bertz CT molecular complexity index is 850. The number of carbonyl (C=O) groups is 1. The fourth-order valence-corrected chi connectivity index (χ4v) is 3.28. The van der Waals surface area contributed by atoms with Crippen LogP contribution in [0, 0.1) is 0 Å². The van der Waals surface area contributed by atoms with Crippen LogP contribution in [0.3, 0.4) is 0 Å². The van der Waals surface area contributed by atoms with E-state index in [-0.39, 0.29) is 16.4 Å². The van der Waals surface area contributed by atoms with Gasteiger partial charge in [-0.3, -0.25) is 9.63 Å². The predicted octanol–water partition coefficient (Wildman–Crippen LogP) is 1.85. The minimum Gasteiger partial charge on any atom is -0.497 e. The molecule has 1 N–H and O–H groups in total. The molecule has 2 rings (SSSR count). The third-order valence-corrected chi connectivity index (χ3v) is 5.52. The van der Waals surface area contributed by atoms with Crippen molar-refractivity contribution >= 4 is 15.9 Å². The van der Waals surface area contributed by atoms with Gasteiger partial charge in [0.05, 0.1) is 19.1 Å². The number of benzene rings is 2. The van der Waals surface area contributed by atoms with Crippen molar-refractivity contribution in [2.45, 2.75) is 11.3 Å². The molecule has 0 aliphatic heterocycles. The van der Waals surface area contributed by atoms with Crippen molar-refractivity contribution in [2.75, 3.05) is 27.8 Å². The molecule has 0 unspecified atom stereocenters. The Kier molecular flexibility index (Phi) is 6.73. The van der Waals surface area contributed by atoms with Gasteiger partial charge < -0.3 is 10.1 Å². The molecule has 0 atom stereocenters. The largest absolute Gasteiger partial charge is 0.497 e. The normalized spacial score (nSPS) is 11.4. The van der Waals surface area contributed by atoms with E-state index in [1.807, 2.05) is 24.3 Å². The maximum Gasteiger partial charge on any atom is 0.264 e. The molecule has 2 aromatic carbocycles. The summed E-state index contributed by atoms with van der Waals surface area (Å²) in [5.74, 6) is 0.437. The first-order valence-corrected chi connectivity index (χ1v) is 9.36. The number of nitrogens with one attached hydrogen (secondary N) is 1. The van der Waals surface area contributed by atoms with E-state index in [9.17, 15) is 13.2 Å². The smallest absolute Gasteiger partial charge is 0.264 e. The SMILES string of the molecule is COc1ccc(CCNC(=O)c2cccc(S(=O)(=O)N(C)OC)c2)cc1. The fraction of sp³-hybridized carbons (Fsp3) is 0.278. The van der Waals surface area contributed by atoms with Crippen LogP contribution >= 0.6 is 0 Å². The third kappa shape index (κ3) is 4.81. The quantitative estimate of drug-likeness (QED) is 0.709. The number of rotatable bonds is 8. The second-order valence-corrected chi connectivity index (χ2v) is 7.41. The van der Waals surface area contributed by atoms with Gasteiger partial charge in [0.15, 0.2) is 0 Å². The van der Waals surface area contributed by atoms with E-state index in [1.54, 1.807) is 13.2 Å². The molecule has 8 heteroatoms. The van der Waals surface area contributed by atoms with E-state index >= 15 is 0 Å². The zero-order valence-electron chi connectivity index (χ0n) is 14.9. The van der Waals surface area contributed by atoms with Crippen molar-refractivity contribution in [3.8, 4) is 5.75 Å². The lowest BCUT2D eigenvalue weighted by molar-refractivity contribution is -0.0258. The molecule has 0 bridgehead atoms. The van der Waals surface area contributed by atoms with Crippen LogP contribution in [0.1, 0.15) is 15.9 Å². The highest BCUT2D eigenvalue weighted by Crippen LogP contribution is 2.16. The maximum atomic E-state index is 12.3. The number of hydrogen-bond acceptors (Lipinski definition) is 5. The topological polar surface area (TPSA) is 84.9 Å². The molecule has 0 aliphatic rings. The van der Waals surface area contributed by atoms with Gasteiger partial charge >= 0.3 is 0 Å². The molecule has 0 saturated heterocycles. The van der Waals surface area contributed by atoms with E-state index in [0.29, 0.717) is 13.0 Å². The highest BCUT2D eigenvalue weighted by molar-refractivity contribution is 7.89. The second-order valence-electron chi connectivity index (χ2n) is 5.48. The number of methoxy groups -OCH3 is 1. The van der Waals surface area contributed by atoms with Crippen LogP contribution in [0.5, 0.6) is 5.75 Å². The molecule has 2 aromatic rings. The van der Waals surface area contributed by atoms with E-state index in [4.69, 9.17) is 9.57 Å². The lowest BCUT2D eigenvalue weighted by Crippen LogP contribution is -2.27. The van der Waals surface area contributed by atoms with Crippen molar-refractivity contribution in [1.82, 2.24) is 9.79 Å². The molecule has 0 spiro atoms. The molecule has 0 aromatic heterocycles. The molecule has 0 radical (unpaired) electrons. The molecule has 26 heavy (non-hydrogen) atoms. The van der Waals surface area contributed by atoms with Gasteiger partial charge in [-0.1, -0.05) is 22.7 Å². The minimum absolute atomic E-state index is 0.00958. The average molecular weight is 378 g/mol. The highest BCUT2D eigenvalue weighted by atomic mass is 32.2. The van der Waals surface area contributed by atoms with Crippen LogP contribution < -0.4 is 10.1 Å². The van der Waals surface area contributed by atoms with Crippen molar-refractivity contribution in [3.63, 3.8) is 0 Å². The molecule has 7 nitrogen and oxygen atoms in total. The number of sulfonamides is 1. The Morgan fingerprint density at radius 1 is 1.12 bits per heavy atom. The molecule has 0 saturated carbocycles. The van der Waals surface area contributed by atoms with Crippen molar-refractivity contribution in [3.05, 3.63) is 59.7 Å². The molecule has 1 amide bonds. The van der Waals surface area contributed by atoms with Gasteiger partial charge in [-0.25, -0.2) is 8.42 Å². The number of nitrogens with zero attached hydrogens (tertiary/aromatic N) is 1. The molecule has 140 valence electrons. The summed E-state index contributed by atoms with van der Waals surface area (Å²) in [5.41, 5.74) is 1.33. The Balaban J connectivity index is 2.00. The molecular formula is C18H22N2O5S. The van der Waals surface area contributed by atoms with E-state index in [2.05, 4.69) is 5.32 Å². The summed E-state index contributed by atoms with van der Waals surface area (Å²) in [5, 5.41) is 2.79. The molecular weight excluding hydrogens is 356 g/mol. The summed E-state index contributed by atoms with van der Waals surface area (Å²) in [6, 6.07) is 13.4. The molecule has 0 aliphatic carbocycles. The summed E-state index contributed by atoms with van der Waals surface area (Å²) >= 11 is 0. The van der Waals surface area contributed by atoms with Gasteiger partial charge in [-0.2, -0.15) is 0 Å². The summed E-state index contributed by atoms with van der Waals surface area (Å²) < 4.78 is 30.3. The van der Waals surface area contributed by atoms with E-state index in [1.165, 1.54) is 32.4 Å². The van der Waals surface area contributed by atoms with Crippen molar-refractivity contribution in [2.24, 2.45) is 0 Å². The lowest BCUT2D eigenvalue weighted by Gasteiger charge is -2.14. The van der Waals surface area contributed by atoms with Crippen LogP contribution in [0.2, 0.25) is 0 Å². The summed E-state index contributed by atoms with van der Waals surface area (Å²) in [6.45, 7) is 0.431. The summed E-state index contributed by atoms with van der Waals surface area (Å²) in [7, 11) is 0.355. The van der Waals surface area contributed by atoms with Crippen molar-refractivity contribution < 1.29 is 22.8 Å². The first-order chi connectivity index (χ1) is 12.4. The number of carbonyl (C=O) groups excluding carboxylic acids is 1. The number of ether oxygens (including phenoxy) is 1. The first kappa shape index (κ1) is 19.9. The molecule has 0 heterocycles. The van der Waals surface area contributed by atoms with Gasteiger partial charge in [0, 0.05) is 19.2 Å². The van der Waals surface area contributed by atoms with Gasteiger partial charge in [0.2, 0.25) is 0 Å². The van der Waals surface area contributed by atoms with Crippen molar-refractivity contribution in [1.29, 1.82) is 0 Å². The molecule has 0 fully saturated rings. The Hall–Kier alpha value is -2.42. The van der Waals surface area contributed by atoms with Gasteiger partial charge in [-0.05, 0) is 42.3 Å². The van der Waals surface area contributed by atoms with Crippen LogP contribution in [0.4, 0.5) is 0 Å². The van der Waals surface area contributed by atoms with Crippen LogP contribution in [0.15, 0.2) is 53.4 Å². The third-order valence-electron chi connectivity index (χ3n) is 3.85. The zero-order chi connectivity index (χ0) is 19.2. The Labute approximate surface area is 153 Å². The van der Waals surface area contributed by atoms with Gasteiger partial charge in [-0.15, -0.1) is 0 Å². The maximum absolute atomic E-state index is 12.3. The predicted molar refractivity (Wildman–Crippen MR) is 97.4 cm³/mol.